The number of aromatic nitrogens is 4. The maximum Gasteiger partial charge on any atom is 0.347 e. The fraction of sp³-hybridized carbons (Fsp3) is 0.704. The third-order valence-corrected chi connectivity index (χ3v) is 16.6. The van der Waals surface area contributed by atoms with E-state index >= 15 is 0 Å². The first-order valence-corrected chi connectivity index (χ1v) is 37.6. The van der Waals surface area contributed by atoms with Crippen LogP contribution in [0.4, 0.5) is 11.6 Å². The molecule has 640 valence electrons. The van der Waals surface area contributed by atoms with E-state index in [-0.39, 0.29) is 43.8 Å². The number of carbonyl (C=O) groups excluding carboxylic acids is 15. The molecule has 43 heteroatoms. The molecular formula is C71H106N8O33S2. The quantitative estimate of drug-likeness (QED) is 0.0527. The van der Waals surface area contributed by atoms with Crippen LogP contribution in [-0.2, 0) is 148 Å². The van der Waals surface area contributed by atoms with Gasteiger partial charge in [0.25, 0.3) is 23.6 Å². The summed E-state index contributed by atoms with van der Waals surface area (Å²) in [4.78, 5) is 195. The molecule has 2 aliphatic rings. The summed E-state index contributed by atoms with van der Waals surface area (Å²) in [7, 11) is 0. The van der Waals surface area contributed by atoms with E-state index in [1.165, 1.54) is 92.9 Å². The molecule has 2 aliphatic heterocycles. The van der Waals surface area contributed by atoms with Crippen LogP contribution in [-0.4, -0.2) is 292 Å². The fourth-order valence-electron chi connectivity index (χ4n) is 9.61. The van der Waals surface area contributed by atoms with Crippen molar-refractivity contribution in [2.75, 3.05) is 88.7 Å². The predicted molar refractivity (Wildman–Crippen MR) is 393 cm³/mol. The van der Waals surface area contributed by atoms with Gasteiger partial charge in [-0.3, -0.25) is 24.0 Å². The highest BCUT2D eigenvalue weighted by atomic mass is 32.1. The van der Waals surface area contributed by atoms with E-state index in [9.17, 15) is 71.9 Å². The maximum atomic E-state index is 13.9. The summed E-state index contributed by atoms with van der Waals surface area (Å²) in [6.07, 6.45) is -19.2. The molecule has 2 amide bonds. The largest absolute Gasteiger partial charge is 0.484 e. The van der Waals surface area contributed by atoms with E-state index in [0.29, 0.717) is 64.2 Å². The number of morpholine rings is 2. The Kier molecular flexibility index (Phi) is 39.8. The maximum absolute atomic E-state index is 13.9. The zero-order valence-electron chi connectivity index (χ0n) is 68.1. The van der Waals surface area contributed by atoms with Gasteiger partial charge in [-0.05, 0) is 132 Å². The lowest BCUT2D eigenvalue weighted by Crippen LogP contribution is -2.54. The molecule has 4 rings (SSSR count). The molecule has 0 N–H and O–H groups in total. The van der Waals surface area contributed by atoms with Crippen molar-refractivity contribution in [3.05, 3.63) is 12.3 Å². The van der Waals surface area contributed by atoms with E-state index < -0.39 is 186 Å². The predicted octanol–water partition coefficient (Wildman–Crippen LogP) is 2.83. The lowest BCUT2D eigenvalue weighted by atomic mass is 10.0. The third-order valence-electron chi connectivity index (χ3n) is 15.6. The van der Waals surface area contributed by atoms with E-state index in [1.807, 2.05) is 9.80 Å². The molecule has 2 fully saturated rings. The van der Waals surface area contributed by atoms with Crippen LogP contribution in [0.25, 0.3) is 0 Å². The Balaban J connectivity index is 0.000000590. The molecule has 14 atom stereocenters. The Morgan fingerprint density at radius 1 is 0.351 bits per heavy atom. The summed E-state index contributed by atoms with van der Waals surface area (Å²) >= 11 is 1.81. The number of esters is 13. The fourth-order valence-corrected chi connectivity index (χ4v) is 10.6. The van der Waals surface area contributed by atoms with Gasteiger partial charge >= 0.3 is 77.6 Å². The summed E-state index contributed by atoms with van der Waals surface area (Å²) < 4.78 is 112. The number of hydrogen-bond donors (Lipinski definition) is 0. The summed E-state index contributed by atoms with van der Waals surface area (Å²) in [5.74, 6) is -12.5. The zero-order valence-corrected chi connectivity index (χ0v) is 69.8. The number of carbonyl (C=O) groups is 15. The molecule has 0 aliphatic carbocycles. The Morgan fingerprint density at radius 3 is 0.798 bits per heavy atom. The van der Waals surface area contributed by atoms with Crippen LogP contribution >= 0.6 is 23.5 Å². The Morgan fingerprint density at radius 2 is 0.570 bits per heavy atom. The molecule has 2 aromatic heterocycles. The first kappa shape index (κ1) is 98.0. The van der Waals surface area contributed by atoms with Crippen LogP contribution < -0.4 is 19.3 Å². The highest BCUT2D eigenvalue weighted by Gasteiger charge is 2.41. The summed E-state index contributed by atoms with van der Waals surface area (Å²) in [5, 5.41) is 0. The van der Waals surface area contributed by atoms with Crippen molar-refractivity contribution < 1.29 is 157 Å². The number of rotatable bonds is 39. The smallest absolute Gasteiger partial charge is 0.347 e. The van der Waals surface area contributed by atoms with Crippen molar-refractivity contribution in [1.82, 2.24) is 27.3 Å². The van der Waals surface area contributed by atoms with Crippen molar-refractivity contribution in [3.63, 3.8) is 0 Å². The first-order chi connectivity index (χ1) is 53.0. The SMILES string of the molecule is C=C(C)OC(C)C(=O)OC(C)C(=O)N(C[C@@H](COc1nsnc1N1CCOCC1)OC(=O)C(C)OC(=O)C(C)OC(=O)C(C)OC(=O)C(C)OC(C)=O)C(C)(C)C.CC(=O)OC(C)C(=O)OC(C)C(=O)OC(C)C(=O)OC(C)C(=O)N(C[C@@H](COc1nsnc1N1CCOCC1)OC(=O)C(C)OC(=O)C(C)OC(C)=O)C(C)(C)C. The zero-order chi connectivity index (χ0) is 86.4. The Labute approximate surface area is 667 Å². The van der Waals surface area contributed by atoms with Crippen molar-refractivity contribution in [1.29, 1.82) is 0 Å². The minimum Gasteiger partial charge on any atom is -0.484 e. The molecule has 114 heavy (non-hydrogen) atoms. The van der Waals surface area contributed by atoms with Crippen molar-refractivity contribution >= 4 is 125 Å². The highest BCUT2D eigenvalue weighted by molar-refractivity contribution is 6.99. The number of hydrogen-bond acceptors (Lipinski definition) is 41. The minimum absolute atomic E-state index is 0.139. The average molecular weight is 1660 g/mol. The van der Waals surface area contributed by atoms with Crippen molar-refractivity contribution in [2.45, 2.75) is 249 Å². The van der Waals surface area contributed by atoms with E-state index in [2.05, 4.69) is 24.1 Å². The molecular weight excluding hydrogens is 1560 g/mol. The second-order valence-electron chi connectivity index (χ2n) is 27.8. The molecule has 0 saturated carbocycles. The van der Waals surface area contributed by atoms with Gasteiger partial charge in [0.2, 0.25) is 11.6 Å². The second-order valence-corrected chi connectivity index (χ2v) is 28.9. The second kappa shape index (κ2) is 46.3. The summed E-state index contributed by atoms with van der Waals surface area (Å²) in [6, 6.07) is 0. The first-order valence-electron chi connectivity index (χ1n) is 36.1. The van der Waals surface area contributed by atoms with Gasteiger partial charge < -0.3 is 105 Å². The van der Waals surface area contributed by atoms with E-state index in [4.69, 9.17) is 85.3 Å². The van der Waals surface area contributed by atoms with Crippen molar-refractivity contribution in [3.8, 4) is 11.8 Å². The number of allylic oxidation sites excluding steroid dienone is 1. The molecule has 0 radical (unpaired) electrons. The lowest BCUT2D eigenvalue weighted by molar-refractivity contribution is -0.186. The minimum atomic E-state index is -1.56. The monoisotopic (exact) mass is 1660 g/mol. The molecule has 12 unspecified atom stereocenters. The summed E-state index contributed by atoms with van der Waals surface area (Å²) in [6.45, 7) is 36.4. The molecule has 41 nitrogen and oxygen atoms in total. The number of nitrogens with zero attached hydrogens (tertiary/aromatic N) is 8. The standard InChI is InChI=1S/C36H54N4O16S.C35H52N4O17S/c1-19(2)50-21(4)31(43)52-20(3)30(42)40(36(10,11)12)17-27(18-49-29-28(37-57-38-29)39-13-15-48-16-14-39)56-35(47)25(8)55-34(46)24(7)54-33(45)23(6)53-32(44)22(5)51-26(9)41;1-18(52-32(45)21(4)54-33(46)22(5)53-30(43)19(2)50-24(7)40)29(42)39(35(9,10)11)16-26(56-34(47)23(6)55-31(44)20(3)51-25(8)41)17-49-28-27(36-57-37-28)38-12-14-48-15-13-38/h20-25,27H,1,13-18H2,2-12H3;18-23,26H,12-17H2,1-11H3/t20?,21?,22?,23?,24?,25?,27-;18?,19?,20?,21?,22?,23?,26-/m00/s1. The van der Waals surface area contributed by atoms with E-state index in [1.54, 1.807) is 48.5 Å². The molecule has 0 bridgehead atoms. The number of amides is 2. The number of anilines is 2. The average Bonchev–Trinajstić information content (AvgIpc) is 1.31. The van der Waals surface area contributed by atoms with Gasteiger partial charge in [-0.25, -0.2) is 47.9 Å². The van der Waals surface area contributed by atoms with Crippen LogP contribution in [0.1, 0.15) is 152 Å². The molecule has 0 spiro atoms. The van der Waals surface area contributed by atoms with Crippen LogP contribution in [0.15, 0.2) is 12.3 Å². The normalized spacial score (nSPS) is 16.5. The van der Waals surface area contributed by atoms with Gasteiger partial charge in [-0.1, -0.05) is 6.58 Å². The molecule has 4 heterocycles. The van der Waals surface area contributed by atoms with Gasteiger partial charge in [0.05, 0.1) is 68.7 Å². The van der Waals surface area contributed by atoms with E-state index in [0.717, 1.165) is 44.2 Å². The lowest BCUT2D eigenvalue weighted by Gasteiger charge is -2.39. The molecule has 2 aromatic rings. The Bertz CT molecular complexity index is 3640. The highest BCUT2D eigenvalue weighted by Crippen LogP contribution is 2.30. The molecule has 0 aromatic carbocycles. The van der Waals surface area contributed by atoms with Gasteiger partial charge in [0, 0.05) is 58.0 Å². The van der Waals surface area contributed by atoms with Gasteiger partial charge in [0.1, 0.15) is 13.2 Å². The van der Waals surface area contributed by atoms with Gasteiger partial charge in [-0.15, -0.1) is 8.75 Å². The van der Waals surface area contributed by atoms with Crippen LogP contribution in [0.5, 0.6) is 11.8 Å². The molecule has 2 saturated heterocycles. The van der Waals surface area contributed by atoms with Crippen molar-refractivity contribution in [2.24, 2.45) is 0 Å². The van der Waals surface area contributed by atoms with Crippen LogP contribution in [0.2, 0.25) is 0 Å². The van der Waals surface area contributed by atoms with Gasteiger partial charge in [0.15, 0.2) is 85.5 Å². The van der Waals surface area contributed by atoms with Gasteiger partial charge in [-0.2, -0.15) is 8.75 Å². The Hall–Kier alpha value is -10.2. The third kappa shape index (κ3) is 33.5. The number of ether oxygens (including phenoxy) is 18. The van der Waals surface area contributed by atoms with Crippen LogP contribution in [0, 0.1) is 0 Å². The topological polar surface area (TPSA) is 487 Å². The summed E-state index contributed by atoms with van der Waals surface area (Å²) in [5.41, 5.74) is -1.90. The van der Waals surface area contributed by atoms with Crippen LogP contribution in [0.3, 0.4) is 0 Å².